The van der Waals surface area contributed by atoms with E-state index in [0.29, 0.717) is 53.9 Å². The van der Waals surface area contributed by atoms with E-state index in [-0.39, 0.29) is 41.4 Å². The molecule has 4 unspecified atom stereocenters. The zero-order chi connectivity index (χ0) is 20.0. The van der Waals surface area contributed by atoms with Gasteiger partial charge in [-0.25, -0.2) is 0 Å². The van der Waals surface area contributed by atoms with Crippen LogP contribution >= 0.6 is 58.3 Å². The highest BCUT2D eigenvalue weighted by Crippen LogP contribution is 2.49. The highest BCUT2D eigenvalue weighted by molar-refractivity contribution is 14.2. The Balaban J connectivity index is 1.59. The molecule has 1 N–H and O–H groups in total. The van der Waals surface area contributed by atoms with Crippen LogP contribution in [0.4, 0.5) is 0 Å². The zero-order valence-electron chi connectivity index (χ0n) is 14.7. The Morgan fingerprint density at radius 3 is 2.15 bits per heavy atom. The molecule has 2 heterocycles. The summed E-state index contributed by atoms with van der Waals surface area (Å²) in [6.45, 7) is 2.18. The molecule has 7 nitrogen and oxygen atoms in total. The summed E-state index contributed by atoms with van der Waals surface area (Å²) in [5, 5.41) is 3.24. The van der Waals surface area contributed by atoms with Crippen LogP contribution in [0.25, 0.3) is 0 Å². The smallest absolute Gasteiger partial charge is 0.237 e. The van der Waals surface area contributed by atoms with Crippen molar-refractivity contribution in [2.24, 2.45) is 0 Å². The van der Waals surface area contributed by atoms with E-state index in [9.17, 15) is 19.2 Å². The molecule has 0 bridgehead atoms. The molecule has 2 aliphatic rings. The number of halogens is 2. The van der Waals surface area contributed by atoms with Gasteiger partial charge in [0.2, 0.25) is 28.5 Å². The van der Waals surface area contributed by atoms with Crippen molar-refractivity contribution in [2.45, 2.75) is 37.0 Å². The fourth-order valence-electron chi connectivity index (χ4n) is 3.07. The molecule has 2 rings (SSSR count). The topological polar surface area (TPSA) is 86.8 Å². The lowest BCUT2D eigenvalue weighted by atomic mass is 10.3. The number of hydrogen-bond acceptors (Lipinski definition) is 5. The number of carbonyl (C=O) groups is 4. The zero-order valence-corrected chi connectivity index (χ0v) is 20.9. The van der Waals surface area contributed by atoms with Gasteiger partial charge in [0.1, 0.15) is 7.57 Å². The molecule has 3 radical (unpaired) electrons. The summed E-state index contributed by atoms with van der Waals surface area (Å²) < 4.78 is 0. The Morgan fingerprint density at radius 1 is 1.07 bits per heavy atom. The summed E-state index contributed by atoms with van der Waals surface area (Å²) in [6, 6.07) is 0. The minimum absolute atomic E-state index is 0.0537. The summed E-state index contributed by atoms with van der Waals surface area (Å²) >= 11 is 4.15. The van der Waals surface area contributed by atoms with Crippen molar-refractivity contribution >= 4 is 94.4 Å². The van der Waals surface area contributed by atoms with Crippen molar-refractivity contribution < 1.29 is 19.2 Å². The highest BCUT2D eigenvalue weighted by atomic mass is 127. The molecule has 2 saturated heterocycles. The van der Waals surface area contributed by atoms with Gasteiger partial charge in [0.05, 0.1) is 11.3 Å². The van der Waals surface area contributed by atoms with Crippen LogP contribution in [0.15, 0.2) is 0 Å². The number of amides is 4. The quantitative estimate of drug-likeness (QED) is 0.122. The summed E-state index contributed by atoms with van der Waals surface area (Å²) in [5.74, 6) is -0.411. The monoisotopic (exact) mass is 632 g/mol. The predicted molar refractivity (Wildman–Crippen MR) is 127 cm³/mol. The summed E-state index contributed by atoms with van der Waals surface area (Å²) in [5.41, 5.74) is -1.47. The Bertz CT molecular complexity index is 603. The first-order chi connectivity index (χ1) is 12.9. The van der Waals surface area contributed by atoms with Crippen LogP contribution < -0.4 is 5.32 Å². The number of nitrogens with one attached hydrogen (secondary N) is 1. The van der Waals surface area contributed by atoms with Crippen LogP contribution in [0.5, 0.6) is 0 Å². The number of rotatable bonds is 11. The molecule has 0 saturated carbocycles. The Hall–Kier alpha value is 0.690. The third-order valence-electron chi connectivity index (χ3n) is 4.50. The van der Waals surface area contributed by atoms with Gasteiger partial charge in [0.25, 0.3) is 0 Å². The normalized spacial score (nSPS) is 24.7. The third-order valence-corrected chi connectivity index (χ3v) is 9.57. The van der Waals surface area contributed by atoms with Crippen molar-refractivity contribution in [3.05, 3.63) is 0 Å². The van der Waals surface area contributed by atoms with Gasteiger partial charge < -0.3 is 5.32 Å². The van der Waals surface area contributed by atoms with E-state index < -0.39 is 5.44 Å². The van der Waals surface area contributed by atoms with E-state index >= 15 is 0 Å². The van der Waals surface area contributed by atoms with Gasteiger partial charge in [-0.1, -0.05) is 27.5 Å². The average Bonchev–Trinajstić information content (AvgIpc) is 3.05. The Kier molecular flexibility index (Phi) is 10.4. The molecule has 0 aromatic rings. The number of imide groups is 2. The molecule has 27 heavy (non-hydrogen) atoms. The maximum atomic E-state index is 12.1. The molecule has 2 aliphatic heterocycles. The first-order valence-corrected chi connectivity index (χ1v) is 15.3. The van der Waals surface area contributed by atoms with Crippen molar-refractivity contribution in [1.29, 1.82) is 0 Å². The fraction of sp³-hybridized carbons (Fsp3) is 0.714. The summed E-state index contributed by atoms with van der Waals surface area (Å²) in [7, 11) is 6.19. The number of likely N-dealkylation sites (tertiary alicyclic amines) is 2. The van der Waals surface area contributed by atoms with Crippen molar-refractivity contribution in [2.75, 3.05) is 26.2 Å². The predicted octanol–water partition coefficient (Wildman–Crippen LogP) is 1.17. The van der Waals surface area contributed by atoms with Crippen LogP contribution in [0.1, 0.15) is 25.7 Å². The van der Waals surface area contributed by atoms with Crippen LogP contribution in [-0.2, 0) is 19.2 Å². The van der Waals surface area contributed by atoms with Crippen LogP contribution in [0.2, 0.25) is 0 Å². The maximum absolute atomic E-state index is 12.1. The Morgan fingerprint density at radius 2 is 1.63 bits per heavy atom. The Labute approximate surface area is 190 Å². The van der Waals surface area contributed by atoms with E-state index in [1.807, 2.05) is 26.9 Å². The van der Waals surface area contributed by atoms with Crippen molar-refractivity contribution in [3.63, 3.8) is 0 Å². The standard InChI is InChI=1S/C14H20B2I2N3O4P2/c15-27(18)10-8-12(23)21(14(10)25)6-2-4-19-3-1-5-20-11(22)7-9(13(20)24)26-16-17/h9-10,19,26H,1-8H2. The molecule has 0 spiro atoms. The molecule has 0 aromatic heterocycles. The lowest BCUT2D eigenvalue weighted by Crippen LogP contribution is -2.35. The molecule has 0 aliphatic carbocycles. The van der Waals surface area contributed by atoms with Crippen molar-refractivity contribution in [1.82, 2.24) is 15.1 Å². The van der Waals surface area contributed by atoms with Gasteiger partial charge in [-0.2, -0.15) is 22.4 Å². The molecule has 2 fully saturated rings. The van der Waals surface area contributed by atoms with Gasteiger partial charge in [0, 0.05) is 25.9 Å². The van der Waals surface area contributed by atoms with Gasteiger partial charge in [0.15, 0.2) is 0 Å². The molecule has 4 atom stereocenters. The molecule has 145 valence electrons. The third kappa shape index (κ3) is 6.59. The number of carbonyl (C=O) groups excluding carboxylic acids is 4. The van der Waals surface area contributed by atoms with Gasteiger partial charge in [-0.05, 0) is 25.9 Å². The maximum Gasteiger partial charge on any atom is 0.237 e. The van der Waals surface area contributed by atoms with Crippen molar-refractivity contribution in [3.8, 4) is 0 Å². The SMILES string of the molecule is [B]P(I)C1CC(=O)N(CCCNCCCN2C(=O)CC(P[B]I)C2=O)C1=O. The van der Waals surface area contributed by atoms with E-state index in [1.54, 1.807) is 0 Å². The second kappa shape index (κ2) is 11.8. The average molecular weight is 632 g/mol. The van der Waals surface area contributed by atoms with Crippen LogP contribution in [-0.4, -0.2) is 83.3 Å². The van der Waals surface area contributed by atoms with Gasteiger partial charge in [-0.3, -0.25) is 29.0 Å². The largest absolute Gasteiger partial charge is 0.317 e. The van der Waals surface area contributed by atoms with E-state index in [0.717, 1.165) is 0 Å². The summed E-state index contributed by atoms with van der Waals surface area (Å²) in [4.78, 5) is 52.7. The highest BCUT2D eigenvalue weighted by Gasteiger charge is 2.40. The van der Waals surface area contributed by atoms with E-state index in [4.69, 9.17) is 7.57 Å². The van der Waals surface area contributed by atoms with Crippen LogP contribution in [0, 0.1) is 0 Å². The molecular formula is C14H20B2I2N3O4P2. The fourth-order valence-corrected chi connectivity index (χ4v) is 7.10. The lowest BCUT2D eigenvalue weighted by Gasteiger charge is -2.17. The second-order valence-corrected chi connectivity index (χ2v) is 14.1. The summed E-state index contributed by atoms with van der Waals surface area (Å²) in [6.07, 6.45) is 1.92. The lowest BCUT2D eigenvalue weighted by molar-refractivity contribution is -0.139. The second-order valence-electron chi connectivity index (χ2n) is 6.32. The first-order valence-electron chi connectivity index (χ1n) is 8.63. The minimum Gasteiger partial charge on any atom is -0.317 e. The molecular weight excluding hydrogens is 612 g/mol. The molecule has 13 heteroatoms. The number of hydrogen-bond donors (Lipinski definition) is 1. The van der Waals surface area contributed by atoms with E-state index in [2.05, 4.69) is 27.7 Å². The molecule has 4 amide bonds. The van der Waals surface area contributed by atoms with E-state index in [1.165, 1.54) is 9.80 Å². The molecule has 0 aromatic carbocycles. The number of nitrogens with zero attached hydrogens (tertiary/aromatic N) is 2. The van der Waals surface area contributed by atoms with Gasteiger partial charge in [-0.15, -0.1) is 8.46 Å². The first kappa shape index (κ1) is 24.0. The van der Waals surface area contributed by atoms with Gasteiger partial charge >= 0.3 is 0 Å². The minimum atomic E-state index is -0.958. The van der Waals surface area contributed by atoms with Crippen LogP contribution in [0.3, 0.4) is 0 Å².